The second-order valence-corrected chi connectivity index (χ2v) is 8.19. The Labute approximate surface area is 183 Å². The second kappa shape index (κ2) is 8.35. The molecule has 1 aliphatic heterocycles. The van der Waals surface area contributed by atoms with E-state index in [2.05, 4.69) is 4.99 Å². The summed E-state index contributed by atoms with van der Waals surface area (Å²) in [5, 5.41) is 0. The minimum absolute atomic E-state index is 0.105. The molecule has 0 saturated heterocycles. The SMILES string of the molecule is COc1ccc(/C=c2\sc3n(c2=O)C(c2ccc(OC)cc2)C(C(C)=O)=C(C)N=3)cc1. The van der Waals surface area contributed by atoms with Crippen molar-refractivity contribution in [3.8, 4) is 11.5 Å². The Morgan fingerprint density at radius 2 is 1.61 bits per heavy atom. The molecule has 0 radical (unpaired) electrons. The molecule has 158 valence electrons. The van der Waals surface area contributed by atoms with Gasteiger partial charge >= 0.3 is 0 Å². The van der Waals surface area contributed by atoms with Crippen LogP contribution in [0, 0.1) is 0 Å². The molecule has 1 aliphatic rings. The van der Waals surface area contributed by atoms with Crippen LogP contribution < -0.4 is 24.4 Å². The Kier molecular flexibility index (Phi) is 5.61. The molecule has 3 aromatic rings. The molecule has 0 N–H and O–H groups in total. The van der Waals surface area contributed by atoms with Gasteiger partial charge in [-0.05, 0) is 55.3 Å². The third-order valence-corrected chi connectivity index (χ3v) is 6.23. The molecule has 1 atom stereocenters. The molecular weight excluding hydrogens is 412 g/mol. The van der Waals surface area contributed by atoms with E-state index in [9.17, 15) is 9.59 Å². The van der Waals surface area contributed by atoms with Gasteiger partial charge in [0.15, 0.2) is 10.6 Å². The van der Waals surface area contributed by atoms with Crippen LogP contribution in [0.4, 0.5) is 0 Å². The summed E-state index contributed by atoms with van der Waals surface area (Å²) in [5.41, 5.74) is 2.69. The van der Waals surface area contributed by atoms with Crippen molar-refractivity contribution in [1.29, 1.82) is 0 Å². The fourth-order valence-corrected chi connectivity index (χ4v) is 4.77. The van der Waals surface area contributed by atoms with Crippen LogP contribution in [-0.2, 0) is 4.79 Å². The minimum Gasteiger partial charge on any atom is -0.497 e. The van der Waals surface area contributed by atoms with Gasteiger partial charge in [-0.1, -0.05) is 35.6 Å². The smallest absolute Gasteiger partial charge is 0.271 e. The molecule has 0 fully saturated rings. The summed E-state index contributed by atoms with van der Waals surface area (Å²) in [7, 11) is 3.21. The first-order valence-electron chi connectivity index (χ1n) is 9.74. The van der Waals surface area contributed by atoms with Gasteiger partial charge in [-0.15, -0.1) is 0 Å². The predicted octanol–water partition coefficient (Wildman–Crippen LogP) is 2.84. The third-order valence-electron chi connectivity index (χ3n) is 5.25. The lowest BCUT2D eigenvalue weighted by atomic mass is 9.93. The van der Waals surface area contributed by atoms with Crippen LogP contribution in [0.3, 0.4) is 0 Å². The van der Waals surface area contributed by atoms with Gasteiger partial charge in [0.05, 0.1) is 24.8 Å². The number of methoxy groups -OCH3 is 2. The van der Waals surface area contributed by atoms with Crippen LogP contribution in [0.2, 0.25) is 0 Å². The number of benzene rings is 2. The molecule has 0 bridgehead atoms. The summed E-state index contributed by atoms with van der Waals surface area (Å²) >= 11 is 1.32. The van der Waals surface area contributed by atoms with Crippen molar-refractivity contribution in [2.75, 3.05) is 14.2 Å². The highest BCUT2D eigenvalue weighted by Crippen LogP contribution is 2.31. The summed E-state index contributed by atoms with van der Waals surface area (Å²) in [6, 6.07) is 14.4. The molecule has 6 nitrogen and oxygen atoms in total. The topological polar surface area (TPSA) is 69.9 Å². The van der Waals surface area contributed by atoms with Gasteiger partial charge in [0.2, 0.25) is 0 Å². The average Bonchev–Trinajstić information content (AvgIpc) is 3.07. The maximum atomic E-state index is 13.4. The maximum absolute atomic E-state index is 13.4. The first-order chi connectivity index (χ1) is 14.9. The van der Waals surface area contributed by atoms with E-state index >= 15 is 0 Å². The normalized spacial score (nSPS) is 16.0. The van der Waals surface area contributed by atoms with Gasteiger partial charge < -0.3 is 9.47 Å². The van der Waals surface area contributed by atoms with Crippen LogP contribution in [-0.4, -0.2) is 24.6 Å². The van der Waals surface area contributed by atoms with E-state index in [4.69, 9.17) is 9.47 Å². The van der Waals surface area contributed by atoms with E-state index in [0.717, 1.165) is 16.9 Å². The fourth-order valence-electron chi connectivity index (χ4n) is 3.72. The molecule has 31 heavy (non-hydrogen) atoms. The van der Waals surface area contributed by atoms with Crippen LogP contribution in [0.1, 0.15) is 31.0 Å². The number of rotatable bonds is 5. The zero-order chi connectivity index (χ0) is 22.1. The average molecular weight is 435 g/mol. The Hall–Kier alpha value is -3.45. The summed E-state index contributed by atoms with van der Waals surface area (Å²) in [6.45, 7) is 3.32. The van der Waals surface area contributed by atoms with Crippen LogP contribution >= 0.6 is 11.3 Å². The molecule has 1 aromatic heterocycles. The number of hydrogen-bond donors (Lipinski definition) is 0. The largest absolute Gasteiger partial charge is 0.497 e. The van der Waals surface area contributed by atoms with Crippen molar-refractivity contribution < 1.29 is 14.3 Å². The molecule has 2 heterocycles. The van der Waals surface area contributed by atoms with Crippen molar-refractivity contribution in [2.24, 2.45) is 4.99 Å². The fraction of sp³-hybridized carbons (Fsp3) is 0.208. The quantitative estimate of drug-likeness (QED) is 0.619. The zero-order valence-corrected chi connectivity index (χ0v) is 18.5. The van der Waals surface area contributed by atoms with Gasteiger partial charge in [-0.2, -0.15) is 0 Å². The van der Waals surface area contributed by atoms with Crippen molar-refractivity contribution >= 4 is 23.2 Å². The number of Topliss-reactive ketones (excluding diaryl/α,β-unsaturated/α-hetero) is 1. The van der Waals surface area contributed by atoms with E-state index in [-0.39, 0.29) is 11.3 Å². The van der Waals surface area contributed by atoms with E-state index in [1.807, 2.05) is 61.5 Å². The molecule has 2 aromatic carbocycles. The second-order valence-electron chi connectivity index (χ2n) is 7.18. The summed E-state index contributed by atoms with van der Waals surface area (Å²) < 4.78 is 12.6. The number of carbonyl (C=O) groups is 1. The van der Waals surface area contributed by atoms with Crippen molar-refractivity contribution in [3.05, 3.63) is 90.6 Å². The summed E-state index contributed by atoms with van der Waals surface area (Å²) in [4.78, 5) is 31.1. The van der Waals surface area contributed by atoms with Crippen LogP contribution in [0.15, 0.2) is 69.6 Å². The van der Waals surface area contributed by atoms with E-state index in [1.54, 1.807) is 18.8 Å². The number of ketones is 1. The molecule has 0 saturated carbocycles. The van der Waals surface area contributed by atoms with Gasteiger partial charge in [0.25, 0.3) is 5.56 Å². The number of thiazole rings is 1. The lowest BCUT2D eigenvalue weighted by Gasteiger charge is -2.24. The van der Waals surface area contributed by atoms with Gasteiger partial charge in [-0.25, -0.2) is 4.99 Å². The molecule has 0 spiro atoms. The van der Waals surface area contributed by atoms with Crippen molar-refractivity contribution in [1.82, 2.24) is 4.57 Å². The number of carbonyl (C=O) groups excluding carboxylic acids is 1. The van der Waals surface area contributed by atoms with E-state index in [1.165, 1.54) is 18.3 Å². The van der Waals surface area contributed by atoms with Gasteiger partial charge in [-0.3, -0.25) is 14.2 Å². The number of nitrogens with zero attached hydrogens (tertiary/aromatic N) is 2. The lowest BCUT2D eigenvalue weighted by molar-refractivity contribution is -0.114. The minimum atomic E-state index is -0.530. The molecule has 0 aliphatic carbocycles. The number of hydrogen-bond acceptors (Lipinski definition) is 6. The monoisotopic (exact) mass is 434 g/mol. The highest BCUT2D eigenvalue weighted by Gasteiger charge is 2.30. The maximum Gasteiger partial charge on any atom is 0.271 e. The lowest BCUT2D eigenvalue weighted by Crippen LogP contribution is -2.39. The number of aromatic nitrogens is 1. The Morgan fingerprint density at radius 3 is 2.16 bits per heavy atom. The zero-order valence-electron chi connectivity index (χ0n) is 17.7. The Morgan fingerprint density at radius 1 is 1.03 bits per heavy atom. The highest BCUT2D eigenvalue weighted by atomic mass is 32.1. The Bertz CT molecular complexity index is 1350. The van der Waals surface area contributed by atoms with Gasteiger partial charge in [0, 0.05) is 11.3 Å². The predicted molar refractivity (Wildman–Crippen MR) is 120 cm³/mol. The Balaban J connectivity index is 1.91. The third kappa shape index (κ3) is 3.84. The molecule has 4 rings (SSSR count). The number of allylic oxidation sites excluding steroid dienone is 2. The van der Waals surface area contributed by atoms with Crippen LogP contribution in [0.5, 0.6) is 11.5 Å². The van der Waals surface area contributed by atoms with E-state index in [0.29, 0.717) is 26.4 Å². The first-order valence-corrected chi connectivity index (χ1v) is 10.6. The molecule has 0 amide bonds. The van der Waals surface area contributed by atoms with Crippen LogP contribution in [0.25, 0.3) is 6.08 Å². The highest BCUT2D eigenvalue weighted by molar-refractivity contribution is 7.07. The molecular formula is C24H22N2O4S. The standard InChI is InChI=1S/C24H22N2O4S/c1-14-21(15(2)27)22(17-7-11-19(30-4)12-8-17)26-23(28)20(31-24(26)25-14)13-16-5-9-18(29-3)10-6-16/h5-13,22H,1-4H3/b20-13-. The van der Waals surface area contributed by atoms with Gasteiger partial charge in [0.1, 0.15) is 11.5 Å². The number of fused-ring (bicyclic) bond motifs is 1. The summed E-state index contributed by atoms with van der Waals surface area (Å²) in [6.07, 6.45) is 1.83. The van der Waals surface area contributed by atoms with E-state index < -0.39 is 6.04 Å². The molecule has 7 heteroatoms. The molecule has 1 unspecified atom stereocenters. The summed E-state index contributed by atoms with van der Waals surface area (Å²) in [5.74, 6) is 1.35. The number of ether oxygens (including phenoxy) is 2. The van der Waals surface area contributed by atoms with Crippen molar-refractivity contribution in [2.45, 2.75) is 19.9 Å². The first kappa shape index (κ1) is 20.8. The van der Waals surface area contributed by atoms with Crippen molar-refractivity contribution in [3.63, 3.8) is 0 Å².